The van der Waals surface area contributed by atoms with Crippen LogP contribution in [0.25, 0.3) is 0 Å². The fraction of sp³-hybridized carbons (Fsp3) is 1.00. The second-order valence-corrected chi connectivity index (χ2v) is 4.90. The Labute approximate surface area is 84.4 Å². The van der Waals surface area contributed by atoms with Gasteiger partial charge in [-0.05, 0) is 20.3 Å². The highest BCUT2D eigenvalue weighted by Gasteiger charge is 2.26. The lowest BCUT2D eigenvalue weighted by Gasteiger charge is -2.31. The summed E-state index contributed by atoms with van der Waals surface area (Å²) in [7, 11) is 0.866. The zero-order valence-corrected chi connectivity index (χ0v) is 11.3. The fourth-order valence-corrected chi connectivity index (χ4v) is 2.49. The minimum absolute atomic E-state index is 0.190. The normalized spacial score (nSPS) is 14.8. The van der Waals surface area contributed by atoms with Gasteiger partial charge in [0, 0.05) is 25.7 Å². The van der Waals surface area contributed by atoms with Crippen molar-refractivity contribution in [2.45, 2.75) is 45.1 Å². The van der Waals surface area contributed by atoms with Gasteiger partial charge in [-0.3, -0.25) is 0 Å². The van der Waals surface area contributed by atoms with Gasteiger partial charge < -0.3 is 15.2 Å². The topological polar surface area (TPSA) is 44.5 Å². The van der Waals surface area contributed by atoms with E-state index in [9.17, 15) is 0 Å². The molecule has 3 nitrogen and oxygen atoms in total. The van der Waals surface area contributed by atoms with Gasteiger partial charge in [0.05, 0.1) is 10.2 Å². The first-order chi connectivity index (χ1) is 6.08. The number of rotatable bonds is 7. The van der Waals surface area contributed by atoms with Crippen LogP contribution in [0.2, 0.25) is 0 Å². The van der Waals surface area contributed by atoms with Gasteiger partial charge in [0.25, 0.3) is 0 Å². The first-order valence-corrected chi connectivity index (χ1v) is 6.11. The van der Waals surface area contributed by atoms with E-state index < -0.39 is 0 Å². The molecule has 0 fully saturated rings. The average Bonchev–Trinajstić information content (AvgIpc) is 2.04. The van der Waals surface area contributed by atoms with Crippen molar-refractivity contribution in [3.8, 4) is 0 Å². The lowest BCUT2D eigenvalue weighted by Crippen LogP contribution is -2.42. The van der Waals surface area contributed by atoms with Gasteiger partial charge >= 0.3 is 0 Å². The molecule has 0 amide bonds. The van der Waals surface area contributed by atoms with Crippen LogP contribution in [0.3, 0.4) is 0 Å². The first-order valence-electron chi connectivity index (χ1n) is 5.11. The minimum atomic E-state index is -0.362. The van der Waals surface area contributed by atoms with E-state index in [-0.39, 0.29) is 11.5 Å². The Hall–Kier alpha value is 0.0969. The van der Waals surface area contributed by atoms with E-state index in [0.717, 1.165) is 23.1 Å². The Morgan fingerprint density at radius 3 is 2.00 bits per heavy atom. The van der Waals surface area contributed by atoms with Crippen molar-refractivity contribution in [3.63, 3.8) is 0 Å². The maximum atomic E-state index is 5.88. The van der Waals surface area contributed by atoms with Crippen LogP contribution in [0.4, 0.5) is 0 Å². The third-order valence-corrected chi connectivity index (χ3v) is 3.04. The molecule has 0 heterocycles. The predicted octanol–water partition coefficient (Wildman–Crippen LogP) is 0.206. The number of nitrogens with two attached hydrogens (primary N) is 1. The molecule has 0 aromatic heterocycles. The summed E-state index contributed by atoms with van der Waals surface area (Å²) in [6, 6.07) is 0.190. The molecule has 4 heteroatoms. The first kappa shape index (κ1) is 13.1. The van der Waals surface area contributed by atoms with E-state index in [1.165, 1.54) is 0 Å². The Morgan fingerprint density at radius 1 is 1.23 bits per heavy atom. The van der Waals surface area contributed by atoms with Crippen LogP contribution in [0.15, 0.2) is 0 Å². The lowest BCUT2D eigenvalue weighted by atomic mass is 10.1. The Balaban J connectivity index is 4.05. The minimum Gasteiger partial charge on any atom is -0.355 e. The van der Waals surface area contributed by atoms with Gasteiger partial charge in [0.2, 0.25) is 0 Å². The SMILES string of the molecule is CCOC([SiH3])(CC(N)CC)OCC. The molecule has 0 aliphatic heterocycles. The summed E-state index contributed by atoms with van der Waals surface area (Å²) in [5.41, 5.74) is 5.52. The summed E-state index contributed by atoms with van der Waals surface area (Å²) in [6.45, 7) is 7.46. The van der Waals surface area contributed by atoms with Gasteiger partial charge in [-0.25, -0.2) is 0 Å². The van der Waals surface area contributed by atoms with Gasteiger partial charge in [-0.2, -0.15) is 0 Å². The van der Waals surface area contributed by atoms with Gasteiger partial charge in [-0.1, -0.05) is 6.92 Å². The molecule has 0 aromatic rings. The van der Waals surface area contributed by atoms with Crippen LogP contribution in [0.5, 0.6) is 0 Å². The maximum absolute atomic E-state index is 5.88. The third-order valence-electron chi connectivity index (χ3n) is 2.06. The van der Waals surface area contributed by atoms with Crippen molar-refractivity contribution in [3.05, 3.63) is 0 Å². The summed E-state index contributed by atoms with van der Waals surface area (Å²) in [4.78, 5) is 0. The zero-order chi connectivity index (χ0) is 10.3. The Bertz CT molecular complexity index is 127. The van der Waals surface area contributed by atoms with Crippen molar-refractivity contribution in [1.29, 1.82) is 0 Å². The van der Waals surface area contributed by atoms with E-state index in [2.05, 4.69) is 6.92 Å². The summed E-state index contributed by atoms with van der Waals surface area (Å²) in [6.07, 6.45) is 1.79. The molecular formula is C9H23NO2Si. The number of ether oxygens (including phenoxy) is 2. The standard InChI is InChI=1S/C9H23NO2Si/c1-4-8(10)7-9(13,11-5-2)12-6-3/h8H,4-7,10H2,1-3,13H3. The van der Waals surface area contributed by atoms with Gasteiger partial charge in [-0.15, -0.1) is 0 Å². The van der Waals surface area contributed by atoms with Crippen molar-refractivity contribution < 1.29 is 9.47 Å². The van der Waals surface area contributed by atoms with Gasteiger partial charge in [0.1, 0.15) is 5.41 Å². The van der Waals surface area contributed by atoms with E-state index in [1.54, 1.807) is 0 Å². The molecule has 0 saturated heterocycles. The van der Waals surface area contributed by atoms with E-state index >= 15 is 0 Å². The summed E-state index contributed by atoms with van der Waals surface area (Å²) >= 11 is 0. The molecule has 0 aromatic carbocycles. The van der Waals surface area contributed by atoms with Crippen molar-refractivity contribution in [1.82, 2.24) is 0 Å². The Kier molecular flexibility index (Phi) is 6.58. The molecule has 1 atom stereocenters. The fourth-order valence-electron chi connectivity index (χ4n) is 1.39. The maximum Gasteiger partial charge on any atom is 0.143 e. The van der Waals surface area contributed by atoms with Crippen LogP contribution < -0.4 is 5.73 Å². The largest absolute Gasteiger partial charge is 0.355 e. The van der Waals surface area contributed by atoms with Crippen LogP contribution in [-0.2, 0) is 9.47 Å². The van der Waals surface area contributed by atoms with Crippen LogP contribution in [0.1, 0.15) is 33.6 Å². The van der Waals surface area contributed by atoms with Crippen molar-refractivity contribution in [2.75, 3.05) is 13.2 Å². The Morgan fingerprint density at radius 2 is 1.69 bits per heavy atom. The monoisotopic (exact) mass is 205 g/mol. The molecule has 80 valence electrons. The molecule has 0 aliphatic carbocycles. The van der Waals surface area contributed by atoms with Crippen molar-refractivity contribution >= 4 is 10.2 Å². The molecule has 0 saturated carbocycles. The van der Waals surface area contributed by atoms with Crippen LogP contribution in [0, 0.1) is 0 Å². The highest BCUT2D eigenvalue weighted by molar-refractivity contribution is 6.13. The molecule has 0 aliphatic rings. The van der Waals surface area contributed by atoms with Crippen LogP contribution >= 0.6 is 0 Å². The quantitative estimate of drug-likeness (QED) is 0.477. The molecule has 0 rings (SSSR count). The highest BCUT2D eigenvalue weighted by atomic mass is 28.1. The van der Waals surface area contributed by atoms with E-state index in [4.69, 9.17) is 15.2 Å². The molecular weight excluding hydrogens is 182 g/mol. The predicted molar refractivity (Wildman–Crippen MR) is 58.8 cm³/mol. The van der Waals surface area contributed by atoms with E-state index in [0.29, 0.717) is 13.2 Å². The summed E-state index contributed by atoms with van der Waals surface area (Å²) in [5, 5.41) is 0. The van der Waals surface area contributed by atoms with Crippen LogP contribution in [-0.4, -0.2) is 34.9 Å². The third kappa shape index (κ3) is 5.41. The lowest BCUT2D eigenvalue weighted by molar-refractivity contribution is -0.179. The molecule has 0 bridgehead atoms. The second-order valence-electron chi connectivity index (χ2n) is 3.37. The average molecular weight is 205 g/mol. The molecule has 1 unspecified atom stereocenters. The van der Waals surface area contributed by atoms with Crippen molar-refractivity contribution in [2.24, 2.45) is 5.73 Å². The zero-order valence-electron chi connectivity index (χ0n) is 9.30. The molecule has 13 heavy (non-hydrogen) atoms. The number of hydrogen-bond acceptors (Lipinski definition) is 3. The summed E-state index contributed by atoms with van der Waals surface area (Å²) in [5.74, 6) is 0. The molecule has 0 radical (unpaired) electrons. The van der Waals surface area contributed by atoms with Gasteiger partial charge in [0.15, 0.2) is 0 Å². The smallest absolute Gasteiger partial charge is 0.143 e. The summed E-state index contributed by atoms with van der Waals surface area (Å²) < 4.78 is 11.2. The number of hydrogen-bond donors (Lipinski definition) is 1. The second kappa shape index (κ2) is 6.54. The van der Waals surface area contributed by atoms with E-state index in [1.807, 2.05) is 13.8 Å². The molecule has 0 spiro atoms. The highest BCUT2D eigenvalue weighted by Crippen LogP contribution is 2.16. The molecule has 2 N–H and O–H groups in total.